The molecule has 0 fully saturated rings. The van der Waals surface area contributed by atoms with Crippen molar-refractivity contribution in [3.63, 3.8) is 0 Å². The second-order valence-corrected chi connectivity index (χ2v) is 7.00. The third-order valence-electron chi connectivity index (χ3n) is 4.25. The molecule has 0 aliphatic rings. The number of aromatic nitrogens is 2. The highest BCUT2D eigenvalue weighted by atomic mass is 32.1. The summed E-state index contributed by atoms with van der Waals surface area (Å²) in [5, 5.41) is 16.0. The molecule has 0 atom stereocenters. The Hall–Kier alpha value is -3.72. The number of amides is 1. The van der Waals surface area contributed by atoms with Crippen molar-refractivity contribution in [2.24, 2.45) is 0 Å². The van der Waals surface area contributed by atoms with Gasteiger partial charge < -0.3 is 10.1 Å². The van der Waals surface area contributed by atoms with E-state index < -0.39 is 10.8 Å². The summed E-state index contributed by atoms with van der Waals surface area (Å²) < 4.78 is 7.20. The summed E-state index contributed by atoms with van der Waals surface area (Å²) in [6, 6.07) is 11.4. The molecule has 0 spiro atoms. The summed E-state index contributed by atoms with van der Waals surface area (Å²) in [6.07, 6.45) is 3.89. The van der Waals surface area contributed by atoms with E-state index in [0.717, 1.165) is 16.2 Å². The molecular formula is C20H16N4O4S. The van der Waals surface area contributed by atoms with Crippen LogP contribution in [0.1, 0.15) is 17.3 Å². The van der Waals surface area contributed by atoms with Crippen molar-refractivity contribution >= 4 is 33.6 Å². The predicted octanol–water partition coefficient (Wildman–Crippen LogP) is 4.62. The number of nitrogens with zero attached hydrogens (tertiary/aromatic N) is 3. The normalized spacial score (nSPS) is 10.8. The zero-order chi connectivity index (χ0) is 20.4. The van der Waals surface area contributed by atoms with Crippen LogP contribution in [-0.4, -0.2) is 26.8 Å². The van der Waals surface area contributed by atoms with Gasteiger partial charge in [0.1, 0.15) is 0 Å². The van der Waals surface area contributed by atoms with Crippen LogP contribution in [0.15, 0.2) is 60.2 Å². The number of ether oxygens (including phenoxy) is 1. The fourth-order valence-electron chi connectivity index (χ4n) is 2.87. The summed E-state index contributed by atoms with van der Waals surface area (Å²) in [6.45, 7) is 2.04. The summed E-state index contributed by atoms with van der Waals surface area (Å²) >= 11 is 1.56. The van der Waals surface area contributed by atoms with Crippen LogP contribution in [0.4, 0.5) is 11.4 Å². The molecule has 0 bridgehead atoms. The summed E-state index contributed by atoms with van der Waals surface area (Å²) in [5.41, 5.74) is 2.29. The zero-order valence-corrected chi connectivity index (χ0v) is 16.2. The minimum atomic E-state index is -0.563. The van der Waals surface area contributed by atoms with Gasteiger partial charge in [-0.05, 0) is 31.2 Å². The van der Waals surface area contributed by atoms with Gasteiger partial charge in [0, 0.05) is 40.7 Å². The van der Waals surface area contributed by atoms with Crippen molar-refractivity contribution in [3.05, 3.63) is 75.9 Å². The maximum atomic E-state index is 12.5. The van der Waals surface area contributed by atoms with Gasteiger partial charge in [-0.2, -0.15) is 0 Å². The van der Waals surface area contributed by atoms with Gasteiger partial charge in [-0.1, -0.05) is 12.1 Å². The molecule has 4 rings (SSSR count). The summed E-state index contributed by atoms with van der Waals surface area (Å²) in [5.74, 6) is -0.301. The average Bonchev–Trinajstić information content (AvgIpc) is 3.31. The Morgan fingerprint density at radius 2 is 2.07 bits per heavy atom. The molecule has 2 aromatic carbocycles. The van der Waals surface area contributed by atoms with Gasteiger partial charge in [0.2, 0.25) is 0 Å². The molecule has 1 amide bonds. The van der Waals surface area contributed by atoms with Crippen molar-refractivity contribution in [3.8, 4) is 17.0 Å². The Labute approximate surface area is 169 Å². The first kappa shape index (κ1) is 18.6. The molecule has 9 heteroatoms. The highest BCUT2D eigenvalue weighted by Crippen LogP contribution is 2.28. The van der Waals surface area contributed by atoms with E-state index in [1.165, 1.54) is 18.2 Å². The van der Waals surface area contributed by atoms with Gasteiger partial charge in [-0.3, -0.25) is 19.3 Å². The minimum absolute atomic E-state index is 0.137. The molecule has 0 aliphatic heterocycles. The molecule has 0 radical (unpaired) electrons. The van der Waals surface area contributed by atoms with Gasteiger partial charge in [-0.25, -0.2) is 4.98 Å². The van der Waals surface area contributed by atoms with Crippen LogP contribution in [-0.2, 0) is 0 Å². The topological polar surface area (TPSA) is 98.8 Å². The van der Waals surface area contributed by atoms with E-state index >= 15 is 0 Å². The number of thiazole rings is 1. The van der Waals surface area contributed by atoms with Crippen LogP contribution in [0, 0.1) is 10.1 Å². The quantitative estimate of drug-likeness (QED) is 0.371. The number of carbonyl (C=O) groups excluding carboxylic acids is 1. The van der Waals surface area contributed by atoms with Crippen LogP contribution in [0.25, 0.3) is 16.2 Å². The molecule has 8 nitrogen and oxygen atoms in total. The standard InChI is InChI=1S/C20H16N4O4S/c1-2-28-18-8-5-14(11-17(18)24(26)27)19(25)21-15-6-3-13(4-7-15)16-12-23-9-10-29-20(23)22-16/h3-12H,2H2,1H3,(H,21,25). The molecular weight excluding hydrogens is 392 g/mol. The third-order valence-corrected chi connectivity index (χ3v) is 5.02. The smallest absolute Gasteiger partial charge is 0.311 e. The third kappa shape index (κ3) is 3.81. The molecule has 4 aromatic rings. The van der Waals surface area contributed by atoms with Crippen LogP contribution < -0.4 is 10.1 Å². The second kappa shape index (κ2) is 7.72. The van der Waals surface area contributed by atoms with Crippen molar-refractivity contribution in [2.45, 2.75) is 6.92 Å². The van der Waals surface area contributed by atoms with Crippen molar-refractivity contribution in [2.75, 3.05) is 11.9 Å². The van der Waals surface area contributed by atoms with E-state index in [9.17, 15) is 14.9 Å². The number of benzene rings is 2. The van der Waals surface area contributed by atoms with Crippen LogP contribution >= 0.6 is 11.3 Å². The molecule has 146 valence electrons. The van der Waals surface area contributed by atoms with Crippen LogP contribution in [0.5, 0.6) is 5.75 Å². The molecule has 0 unspecified atom stereocenters. The monoisotopic (exact) mass is 408 g/mol. The average molecular weight is 408 g/mol. The van der Waals surface area contributed by atoms with Gasteiger partial charge >= 0.3 is 5.69 Å². The number of imidazole rings is 1. The Morgan fingerprint density at radius 3 is 2.76 bits per heavy atom. The van der Waals surface area contributed by atoms with Crippen LogP contribution in [0.2, 0.25) is 0 Å². The van der Waals surface area contributed by atoms with E-state index in [1.54, 1.807) is 30.4 Å². The minimum Gasteiger partial charge on any atom is -0.487 e. The number of fused-ring (bicyclic) bond motifs is 1. The van der Waals surface area contributed by atoms with E-state index in [1.807, 2.05) is 34.3 Å². The first-order valence-corrected chi connectivity index (χ1v) is 9.68. The SMILES string of the molecule is CCOc1ccc(C(=O)Nc2ccc(-c3cn4ccsc4n3)cc2)cc1[N+](=O)[O-]. The fourth-order valence-corrected chi connectivity index (χ4v) is 3.57. The Kier molecular flexibility index (Phi) is 4.96. The number of carbonyl (C=O) groups is 1. The van der Waals surface area contributed by atoms with Gasteiger partial charge in [-0.15, -0.1) is 11.3 Å². The lowest BCUT2D eigenvalue weighted by atomic mass is 10.1. The number of hydrogen-bond donors (Lipinski definition) is 1. The van der Waals surface area contributed by atoms with Gasteiger partial charge in [0.05, 0.1) is 17.2 Å². The number of hydrogen-bond acceptors (Lipinski definition) is 6. The predicted molar refractivity (Wildman–Crippen MR) is 111 cm³/mol. The van der Waals surface area contributed by atoms with E-state index in [4.69, 9.17) is 4.74 Å². The number of nitrogens with one attached hydrogen (secondary N) is 1. The number of nitro groups is 1. The van der Waals surface area contributed by atoms with E-state index in [0.29, 0.717) is 12.3 Å². The summed E-state index contributed by atoms with van der Waals surface area (Å²) in [4.78, 5) is 28.6. The number of rotatable bonds is 6. The number of anilines is 1. The first-order chi connectivity index (χ1) is 14.0. The van der Waals surface area contributed by atoms with Gasteiger partial charge in [0.25, 0.3) is 5.91 Å². The van der Waals surface area contributed by atoms with Crippen molar-refractivity contribution in [1.29, 1.82) is 0 Å². The Balaban J connectivity index is 1.51. The Bertz CT molecular complexity index is 1170. The second-order valence-electron chi connectivity index (χ2n) is 6.12. The lowest BCUT2D eigenvalue weighted by Gasteiger charge is -2.08. The molecule has 2 aromatic heterocycles. The van der Waals surface area contributed by atoms with Crippen molar-refractivity contribution < 1.29 is 14.5 Å². The van der Waals surface area contributed by atoms with Crippen LogP contribution in [0.3, 0.4) is 0 Å². The van der Waals surface area contributed by atoms with E-state index in [2.05, 4.69) is 10.3 Å². The van der Waals surface area contributed by atoms with Crippen molar-refractivity contribution in [1.82, 2.24) is 9.38 Å². The molecule has 0 saturated heterocycles. The highest BCUT2D eigenvalue weighted by Gasteiger charge is 2.18. The van der Waals surface area contributed by atoms with Gasteiger partial charge in [0.15, 0.2) is 10.7 Å². The number of nitro benzene ring substituents is 1. The maximum Gasteiger partial charge on any atom is 0.311 e. The highest BCUT2D eigenvalue weighted by molar-refractivity contribution is 7.15. The largest absolute Gasteiger partial charge is 0.487 e. The molecule has 2 heterocycles. The van der Waals surface area contributed by atoms with E-state index in [-0.39, 0.29) is 17.0 Å². The molecule has 0 aliphatic carbocycles. The zero-order valence-electron chi connectivity index (χ0n) is 15.4. The molecule has 29 heavy (non-hydrogen) atoms. The first-order valence-electron chi connectivity index (χ1n) is 8.80. The molecule has 1 N–H and O–H groups in total. The lowest BCUT2D eigenvalue weighted by molar-refractivity contribution is -0.385. The fraction of sp³-hybridized carbons (Fsp3) is 0.100. The Morgan fingerprint density at radius 1 is 1.28 bits per heavy atom. The maximum absolute atomic E-state index is 12.5. The lowest BCUT2D eigenvalue weighted by Crippen LogP contribution is -2.12. The molecule has 0 saturated carbocycles. The summed E-state index contributed by atoms with van der Waals surface area (Å²) in [7, 11) is 0.